The van der Waals surface area contributed by atoms with Crippen LogP contribution in [0.2, 0.25) is 0 Å². The molecule has 0 radical (unpaired) electrons. The third-order valence-corrected chi connectivity index (χ3v) is 8.60. The van der Waals surface area contributed by atoms with Gasteiger partial charge in [0.25, 0.3) is 0 Å². The maximum atomic E-state index is 14.0. The van der Waals surface area contributed by atoms with Crippen molar-refractivity contribution in [3.63, 3.8) is 0 Å². The molecule has 5 nitrogen and oxygen atoms in total. The van der Waals surface area contributed by atoms with Gasteiger partial charge in [-0.1, -0.05) is 12.8 Å². The first kappa shape index (κ1) is 22.6. The Kier molecular flexibility index (Phi) is 6.89. The Morgan fingerprint density at radius 3 is 2.52 bits per heavy atom. The normalized spacial score (nSPS) is 25.0. The first-order valence-electron chi connectivity index (χ1n) is 11.7. The van der Waals surface area contributed by atoms with Gasteiger partial charge in [-0.15, -0.1) is 0 Å². The topological polar surface area (TPSA) is 63.7 Å². The minimum absolute atomic E-state index is 0.296. The van der Waals surface area contributed by atoms with Gasteiger partial charge in [-0.2, -0.15) is 0 Å². The summed E-state index contributed by atoms with van der Waals surface area (Å²) in [5.41, 5.74) is 0. The summed E-state index contributed by atoms with van der Waals surface area (Å²) >= 11 is 0. The van der Waals surface area contributed by atoms with Crippen LogP contribution in [-0.2, 0) is 14.6 Å². The first-order chi connectivity index (χ1) is 14.8. The van der Waals surface area contributed by atoms with Crippen LogP contribution < -0.4 is 4.74 Å². The molecule has 1 heterocycles. The maximum Gasteiger partial charge on any atom is 0.222 e. The van der Waals surface area contributed by atoms with E-state index in [9.17, 15) is 17.6 Å². The van der Waals surface area contributed by atoms with Gasteiger partial charge in [-0.3, -0.25) is 4.79 Å². The van der Waals surface area contributed by atoms with Crippen molar-refractivity contribution in [2.24, 2.45) is 23.7 Å². The van der Waals surface area contributed by atoms with Crippen LogP contribution in [0.3, 0.4) is 0 Å². The lowest BCUT2D eigenvalue weighted by Gasteiger charge is -2.33. The Morgan fingerprint density at radius 1 is 1.16 bits per heavy atom. The number of hydrogen-bond donors (Lipinski definition) is 0. The summed E-state index contributed by atoms with van der Waals surface area (Å²) in [4.78, 5) is 14.3. The minimum Gasteiger partial charge on any atom is -0.493 e. The Hall–Kier alpha value is -1.63. The van der Waals surface area contributed by atoms with Gasteiger partial charge in [0.05, 0.1) is 6.61 Å². The third-order valence-electron chi connectivity index (χ3n) is 7.47. The van der Waals surface area contributed by atoms with Gasteiger partial charge in [0.15, 0.2) is 9.84 Å². The van der Waals surface area contributed by atoms with E-state index in [1.807, 2.05) is 0 Å². The second-order valence-corrected chi connectivity index (χ2v) is 11.7. The molecule has 1 amide bonds. The van der Waals surface area contributed by atoms with Crippen molar-refractivity contribution in [2.75, 3.05) is 26.0 Å². The standard InChI is InChI=1S/C24H34FNO4S/c1-31(28,29)23-7-6-20(16-22(23)25)30-13-10-19-15-21(19)18-8-11-26(12-9-18)24(27)14-17-4-2-3-5-17/h6-7,16-19,21H,2-5,8-15H2,1H3/t19-,21-/m1/s1. The zero-order valence-electron chi connectivity index (χ0n) is 18.4. The molecule has 1 aromatic rings. The Bertz CT molecular complexity index is 889. The van der Waals surface area contributed by atoms with Crippen LogP contribution in [0.4, 0.5) is 4.39 Å². The molecule has 4 rings (SSSR count). The van der Waals surface area contributed by atoms with Crippen molar-refractivity contribution in [2.45, 2.75) is 62.7 Å². The molecular weight excluding hydrogens is 417 g/mol. The third kappa shape index (κ3) is 5.79. The number of piperidine rings is 1. The monoisotopic (exact) mass is 451 g/mol. The fourth-order valence-corrected chi connectivity index (χ4v) is 6.28. The lowest BCUT2D eigenvalue weighted by atomic mass is 9.90. The molecule has 3 aliphatic rings. The number of rotatable bonds is 8. The Balaban J connectivity index is 1.15. The fraction of sp³-hybridized carbons (Fsp3) is 0.708. The number of nitrogens with zero attached hydrogens (tertiary/aromatic N) is 1. The summed E-state index contributed by atoms with van der Waals surface area (Å²) in [5, 5.41) is 0. The van der Waals surface area contributed by atoms with Crippen LogP contribution in [0.5, 0.6) is 5.75 Å². The summed E-state index contributed by atoms with van der Waals surface area (Å²) in [5.74, 6) is 2.65. The second-order valence-electron chi connectivity index (χ2n) is 9.73. The second kappa shape index (κ2) is 9.47. The van der Waals surface area contributed by atoms with Gasteiger partial charge in [-0.05, 0) is 74.3 Å². The molecule has 31 heavy (non-hydrogen) atoms. The first-order valence-corrected chi connectivity index (χ1v) is 13.6. The number of halogens is 1. The van der Waals surface area contributed by atoms with Crippen LogP contribution in [0.1, 0.15) is 57.8 Å². The van der Waals surface area contributed by atoms with Crippen LogP contribution in [0.25, 0.3) is 0 Å². The van der Waals surface area contributed by atoms with E-state index in [2.05, 4.69) is 4.90 Å². The van der Waals surface area contributed by atoms with Gasteiger partial charge >= 0.3 is 0 Å². The van der Waals surface area contributed by atoms with Crippen LogP contribution in [0.15, 0.2) is 23.1 Å². The molecule has 0 bridgehead atoms. The largest absolute Gasteiger partial charge is 0.493 e. The number of ether oxygens (including phenoxy) is 1. The number of carbonyl (C=O) groups excluding carboxylic acids is 1. The summed E-state index contributed by atoms with van der Waals surface area (Å²) in [6, 6.07) is 3.93. The predicted octanol–water partition coefficient (Wildman–Crippen LogP) is 4.45. The number of likely N-dealkylation sites (tertiary alicyclic amines) is 1. The highest BCUT2D eigenvalue weighted by Crippen LogP contribution is 2.49. The lowest BCUT2D eigenvalue weighted by molar-refractivity contribution is -0.133. The van der Waals surface area contributed by atoms with Crippen LogP contribution in [0, 0.1) is 29.5 Å². The molecule has 7 heteroatoms. The zero-order valence-corrected chi connectivity index (χ0v) is 19.2. The van der Waals surface area contributed by atoms with Gasteiger partial charge in [0.1, 0.15) is 16.5 Å². The van der Waals surface area contributed by atoms with Gasteiger partial charge in [0.2, 0.25) is 5.91 Å². The smallest absolute Gasteiger partial charge is 0.222 e. The van der Waals surface area contributed by atoms with Crippen molar-refractivity contribution in [1.29, 1.82) is 0 Å². The highest BCUT2D eigenvalue weighted by Gasteiger charge is 2.43. The SMILES string of the molecule is CS(=O)(=O)c1ccc(OCC[C@@H]2C[C@@H]2C2CCN(C(=O)CC3CCCC3)CC2)cc1F. The predicted molar refractivity (Wildman–Crippen MR) is 117 cm³/mol. The van der Waals surface area contributed by atoms with Crippen LogP contribution >= 0.6 is 0 Å². The lowest BCUT2D eigenvalue weighted by Crippen LogP contribution is -2.39. The van der Waals surface area contributed by atoms with E-state index in [4.69, 9.17) is 4.74 Å². The molecule has 1 aliphatic heterocycles. The van der Waals surface area contributed by atoms with E-state index in [0.717, 1.165) is 57.0 Å². The number of hydrogen-bond acceptors (Lipinski definition) is 4. The molecule has 2 aliphatic carbocycles. The highest BCUT2D eigenvalue weighted by atomic mass is 32.2. The Morgan fingerprint density at radius 2 is 1.87 bits per heavy atom. The van der Waals surface area contributed by atoms with Crippen molar-refractivity contribution < 1.29 is 22.3 Å². The molecule has 0 aromatic heterocycles. The molecule has 0 spiro atoms. The summed E-state index contributed by atoms with van der Waals surface area (Å²) < 4.78 is 42.6. The molecular formula is C24H34FNO4S. The van der Waals surface area contributed by atoms with E-state index in [-0.39, 0.29) is 4.90 Å². The number of amides is 1. The highest BCUT2D eigenvalue weighted by molar-refractivity contribution is 7.90. The Labute approximate surface area is 185 Å². The molecule has 0 N–H and O–H groups in total. The molecule has 1 aromatic carbocycles. The average molecular weight is 452 g/mol. The summed E-state index contributed by atoms with van der Waals surface area (Å²) in [6.07, 6.45) is 11.1. The molecule has 2 saturated carbocycles. The van der Waals surface area contributed by atoms with E-state index >= 15 is 0 Å². The maximum absolute atomic E-state index is 14.0. The fourth-order valence-electron chi connectivity index (χ4n) is 5.55. The van der Waals surface area contributed by atoms with E-state index < -0.39 is 15.7 Å². The number of benzene rings is 1. The van der Waals surface area contributed by atoms with Crippen molar-refractivity contribution in [3.8, 4) is 5.75 Å². The van der Waals surface area contributed by atoms with E-state index in [0.29, 0.717) is 36.0 Å². The van der Waals surface area contributed by atoms with Crippen molar-refractivity contribution in [1.82, 2.24) is 4.90 Å². The number of sulfone groups is 1. The van der Waals surface area contributed by atoms with Crippen LogP contribution in [-0.4, -0.2) is 45.2 Å². The minimum atomic E-state index is -3.56. The summed E-state index contributed by atoms with van der Waals surface area (Å²) in [7, 11) is -3.56. The van der Waals surface area contributed by atoms with E-state index in [1.54, 1.807) is 0 Å². The molecule has 0 unspecified atom stereocenters. The average Bonchev–Trinajstić information content (AvgIpc) is 3.31. The molecule has 2 atom stereocenters. The van der Waals surface area contributed by atoms with Crippen molar-refractivity contribution in [3.05, 3.63) is 24.0 Å². The summed E-state index contributed by atoms with van der Waals surface area (Å²) in [6.45, 7) is 2.32. The number of carbonyl (C=O) groups is 1. The van der Waals surface area contributed by atoms with Crippen molar-refractivity contribution >= 4 is 15.7 Å². The zero-order chi connectivity index (χ0) is 22.0. The quantitative estimate of drug-likeness (QED) is 0.586. The molecule has 1 saturated heterocycles. The molecule has 172 valence electrons. The van der Waals surface area contributed by atoms with Gasteiger partial charge in [0, 0.05) is 31.8 Å². The molecule has 3 fully saturated rings. The van der Waals surface area contributed by atoms with E-state index in [1.165, 1.54) is 44.2 Å². The van der Waals surface area contributed by atoms with Gasteiger partial charge < -0.3 is 9.64 Å². The van der Waals surface area contributed by atoms with Gasteiger partial charge in [-0.25, -0.2) is 12.8 Å².